The number of carbonyl (C=O) groups is 6. The number of carboxylic acids is 3. The third kappa shape index (κ3) is 12.7. The summed E-state index contributed by atoms with van der Waals surface area (Å²) < 4.78 is 0. The average Bonchev–Trinajstić information content (AvgIpc) is 2.78. The number of carboxylic acid groups (broad SMARTS) is 3. The van der Waals surface area contributed by atoms with Crippen LogP contribution in [0, 0.1) is 5.92 Å². The maximum atomic E-state index is 12.9. The predicted molar refractivity (Wildman–Crippen MR) is 123 cm³/mol. The lowest BCUT2D eigenvalue weighted by molar-refractivity contribution is -0.144. The zero-order valence-corrected chi connectivity index (χ0v) is 20.0. The Balaban J connectivity index is 5.50. The molecule has 3 amide bonds. The molecule has 0 aromatic rings. The van der Waals surface area contributed by atoms with E-state index in [1.165, 1.54) is 0 Å². The number of nitrogens with one attached hydrogen (secondary N) is 3. The van der Waals surface area contributed by atoms with Gasteiger partial charge in [0.05, 0.1) is 12.5 Å². The summed E-state index contributed by atoms with van der Waals surface area (Å²) in [6.07, 6.45) is 0.0682. The summed E-state index contributed by atoms with van der Waals surface area (Å²) in [7, 11) is 0. The van der Waals surface area contributed by atoms with Crippen LogP contribution in [-0.4, -0.2) is 81.7 Å². The Bertz CT molecular complexity index is 761. The minimum absolute atomic E-state index is 0.0613. The van der Waals surface area contributed by atoms with Crippen LogP contribution in [0.25, 0.3) is 0 Å². The first-order valence-electron chi connectivity index (χ1n) is 11.4. The Hall–Kier alpha value is -3.26. The summed E-state index contributed by atoms with van der Waals surface area (Å²) in [6, 6.07) is -5.32. The summed E-state index contributed by atoms with van der Waals surface area (Å²) in [5, 5.41) is 34.2. The second kappa shape index (κ2) is 16.4. The largest absolute Gasteiger partial charge is 0.481 e. The number of nitrogens with two attached hydrogens (primary N) is 2. The lowest BCUT2D eigenvalue weighted by Gasteiger charge is -2.27. The fourth-order valence-corrected chi connectivity index (χ4v) is 3.04. The normalized spacial score (nSPS) is 15.1. The van der Waals surface area contributed by atoms with Crippen molar-refractivity contribution in [2.24, 2.45) is 17.4 Å². The third-order valence-electron chi connectivity index (χ3n) is 5.37. The first-order valence-corrected chi connectivity index (χ1v) is 11.4. The fourth-order valence-electron chi connectivity index (χ4n) is 3.04. The van der Waals surface area contributed by atoms with E-state index in [0.717, 1.165) is 0 Å². The van der Waals surface area contributed by atoms with Crippen molar-refractivity contribution in [3.8, 4) is 0 Å². The highest BCUT2D eigenvalue weighted by Gasteiger charge is 2.33. The topological polar surface area (TPSA) is 251 Å². The highest BCUT2D eigenvalue weighted by atomic mass is 16.4. The van der Waals surface area contributed by atoms with Gasteiger partial charge in [0.25, 0.3) is 0 Å². The SMILES string of the molecule is CCC(C)C(NC(=O)C(N)CCC(=O)O)C(=O)NC(CC(=O)O)C(=O)NC(CCCCN)C(=O)O. The average molecular weight is 504 g/mol. The molecule has 0 spiro atoms. The van der Waals surface area contributed by atoms with Gasteiger partial charge in [0.15, 0.2) is 0 Å². The van der Waals surface area contributed by atoms with E-state index in [1.807, 2.05) is 0 Å². The number of aliphatic carboxylic acids is 3. The summed E-state index contributed by atoms with van der Waals surface area (Å²) in [6.45, 7) is 3.71. The molecule has 200 valence electrons. The van der Waals surface area contributed by atoms with Gasteiger partial charge in [-0.05, 0) is 38.1 Å². The van der Waals surface area contributed by atoms with E-state index in [1.54, 1.807) is 13.8 Å². The first-order chi connectivity index (χ1) is 16.3. The van der Waals surface area contributed by atoms with Crippen LogP contribution in [0.5, 0.6) is 0 Å². The van der Waals surface area contributed by atoms with E-state index in [2.05, 4.69) is 16.0 Å². The van der Waals surface area contributed by atoms with Gasteiger partial charge in [-0.25, -0.2) is 4.79 Å². The maximum Gasteiger partial charge on any atom is 0.326 e. The Kier molecular flexibility index (Phi) is 14.9. The Morgan fingerprint density at radius 1 is 0.800 bits per heavy atom. The molecule has 0 saturated carbocycles. The van der Waals surface area contributed by atoms with Gasteiger partial charge >= 0.3 is 17.9 Å². The number of hydrogen-bond acceptors (Lipinski definition) is 8. The van der Waals surface area contributed by atoms with Crippen molar-refractivity contribution in [2.45, 2.75) is 83.0 Å². The standard InChI is InChI=1S/C21H37N5O9/c1-3-11(2)17(26-18(31)12(23)7-8-15(27)28)20(33)25-14(10-16(29)30)19(32)24-13(21(34)35)6-4-5-9-22/h11-14,17H,3-10,22-23H2,1-2H3,(H,24,32)(H,25,33)(H,26,31)(H,27,28)(H,29,30)(H,34,35). The molecule has 0 aliphatic rings. The maximum absolute atomic E-state index is 12.9. The van der Waals surface area contributed by atoms with Crippen LogP contribution in [-0.2, 0) is 28.8 Å². The molecule has 0 aliphatic carbocycles. The molecular weight excluding hydrogens is 466 g/mol. The molecule has 14 heteroatoms. The van der Waals surface area contributed by atoms with Crippen molar-refractivity contribution in [1.82, 2.24) is 16.0 Å². The Morgan fingerprint density at radius 2 is 1.40 bits per heavy atom. The highest BCUT2D eigenvalue weighted by molar-refractivity contribution is 5.95. The molecular formula is C21H37N5O9. The molecule has 5 atom stereocenters. The van der Waals surface area contributed by atoms with Gasteiger partial charge in [-0.3, -0.25) is 24.0 Å². The van der Waals surface area contributed by atoms with Crippen molar-refractivity contribution in [3.05, 3.63) is 0 Å². The molecule has 0 saturated heterocycles. The zero-order valence-electron chi connectivity index (χ0n) is 20.0. The Labute approximate surface area is 203 Å². The lowest BCUT2D eigenvalue weighted by atomic mass is 9.97. The van der Waals surface area contributed by atoms with Gasteiger partial charge in [0, 0.05) is 6.42 Å². The van der Waals surface area contributed by atoms with Crippen molar-refractivity contribution in [2.75, 3.05) is 6.54 Å². The molecule has 0 radical (unpaired) electrons. The molecule has 35 heavy (non-hydrogen) atoms. The minimum Gasteiger partial charge on any atom is -0.481 e. The second-order valence-electron chi connectivity index (χ2n) is 8.25. The van der Waals surface area contributed by atoms with E-state index < -0.39 is 72.1 Å². The van der Waals surface area contributed by atoms with Crippen LogP contribution in [0.1, 0.15) is 58.8 Å². The summed E-state index contributed by atoms with van der Waals surface area (Å²) >= 11 is 0. The monoisotopic (exact) mass is 503 g/mol. The number of unbranched alkanes of at least 4 members (excludes halogenated alkanes) is 1. The second-order valence-corrected chi connectivity index (χ2v) is 8.25. The molecule has 0 aliphatic heterocycles. The van der Waals surface area contributed by atoms with E-state index in [9.17, 15) is 39.0 Å². The molecule has 0 rings (SSSR count). The van der Waals surface area contributed by atoms with Crippen LogP contribution < -0.4 is 27.4 Å². The van der Waals surface area contributed by atoms with Gasteiger partial charge in [-0.2, -0.15) is 0 Å². The molecule has 10 N–H and O–H groups in total. The van der Waals surface area contributed by atoms with Crippen LogP contribution in [0.2, 0.25) is 0 Å². The van der Waals surface area contributed by atoms with Crippen molar-refractivity contribution in [1.29, 1.82) is 0 Å². The van der Waals surface area contributed by atoms with Gasteiger partial charge in [-0.1, -0.05) is 20.3 Å². The van der Waals surface area contributed by atoms with E-state index in [4.69, 9.17) is 16.6 Å². The van der Waals surface area contributed by atoms with Crippen molar-refractivity contribution >= 4 is 35.6 Å². The van der Waals surface area contributed by atoms with E-state index in [0.29, 0.717) is 25.8 Å². The third-order valence-corrected chi connectivity index (χ3v) is 5.37. The molecule has 0 aromatic heterocycles. The van der Waals surface area contributed by atoms with Crippen molar-refractivity contribution < 1.29 is 44.1 Å². The van der Waals surface area contributed by atoms with E-state index >= 15 is 0 Å². The lowest BCUT2D eigenvalue weighted by Crippen LogP contribution is -2.59. The Morgan fingerprint density at radius 3 is 1.89 bits per heavy atom. The quantitative estimate of drug-likeness (QED) is 0.0985. The van der Waals surface area contributed by atoms with Crippen LogP contribution in [0.15, 0.2) is 0 Å². The van der Waals surface area contributed by atoms with Crippen LogP contribution in [0.3, 0.4) is 0 Å². The number of amides is 3. The highest BCUT2D eigenvalue weighted by Crippen LogP contribution is 2.10. The van der Waals surface area contributed by atoms with Crippen LogP contribution in [0.4, 0.5) is 0 Å². The molecule has 14 nitrogen and oxygen atoms in total. The van der Waals surface area contributed by atoms with Crippen molar-refractivity contribution in [3.63, 3.8) is 0 Å². The van der Waals surface area contributed by atoms with Crippen LogP contribution >= 0.6 is 0 Å². The molecule has 0 bridgehead atoms. The molecule has 0 heterocycles. The van der Waals surface area contributed by atoms with E-state index in [-0.39, 0.29) is 19.3 Å². The van der Waals surface area contributed by atoms with Gasteiger partial charge in [0.1, 0.15) is 18.1 Å². The summed E-state index contributed by atoms with van der Waals surface area (Å²) in [4.78, 5) is 71.4. The smallest absolute Gasteiger partial charge is 0.326 e. The number of hydrogen-bond donors (Lipinski definition) is 8. The van der Waals surface area contributed by atoms with Gasteiger partial charge in [-0.15, -0.1) is 0 Å². The number of rotatable bonds is 18. The fraction of sp³-hybridized carbons (Fsp3) is 0.714. The van der Waals surface area contributed by atoms with Gasteiger partial charge in [0.2, 0.25) is 17.7 Å². The molecule has 0 aromatic carbocycles. The molecule has 5 unspecified atom stereocenters. The summed E-state index contributed by atoms with van der Waals surface area (Å²) in [5.41, 5.74) is 11.1. The predicted octanol–water partition coefficient (Wildman–Crippen LogP) is -1.63. The molecule has 0 fully saturated rings. The zero-order chi connectivity index (χ0) is 27.1. The van der Waals surface area contributed by atoms with Gasteiger partial charge < -0.3 is 42.7 Å². The number of carbonyl (C=O) groups excluding carboxylic acids is 3. The minimum atomic E-state index is -1.61. The summed E-state index contributed by atoms with van der Waals surface area (Å²) in [5.74, 6) is -6.99. The first kappa shape index (κ1) is 31.7.